The Morgan fingerprint density at radius 2 is 1.11 bits per heavy atom. The van der Waals surface area contributed by atoms with Crippen molar-refractivity contribution in [3.63, 3.8) is 0 Å². The van der Waals surface area contributed by atoms with Crippen LogP contribution in [-0.4, -0.2) is 10.5 Å². The first-order valence-corrected chi connectivity index (χ1v) is 7.28. The van der Waals surface area contributed by atoms with Crippen LogP contribution in [0.1, 0.15) is 66.7 Å². The quantitative estimate of drug-likeness (QED) is 0.519. The van der Waals surface area contributed by atoms with Gasteiger partial charge < -0.3 is 0 Å². The van der Waals surface area contributed by atoms with E-state index in [1.54, 1.807) is 0 Å². The van der Waals surface area contributed by atoms with Crippen molar-refractivity contribution >= 4 is 33.7 Å². The van der Waals surface area contributed by atoms with Crippen LogP contribution in [0.3, 0.4) is 0 Å². The third-order valence-electron chi connectivity index (χ3n) is 2.55. The molecular formula is C15H20Cl2O2. The Labute approximate surface area is 125 Å². The highest BCUT2D eigenvalue weighted by atomic mass is 35.5. The van der Waals surface area contributed by atoms with E-state index in [1.807, 2.05) is 0 Å². The minimum absolute atomic E-state index is 0.346. The minimum Gasteiger partial charge on any atom is -0.276 e. The van der Waals surface area contributed by atoms with Crippen molar-refractivity contribution in [2.75, 3.05) is 0 Å². The van der Waals surface area contributed by atoms with Gasteiger partial charge in [-0.05, 0) is 47.5 Å². The van der Waals surface area contributed by atoms with Crippen LogP contribution in [0.25, 0.3) is 0 Å². The third-order valence-corrected chi connectivity index (χ3v) is 2.98. The Morgan fingerprint density at radius 3 is 1.32 bits per heavy atom. The first-order valence-electron chi connectivity index (χ1n) is 6.52. The van der Waals surface area contributed by atoms with Gasteiger partial charge >= 0.3 is 0 Å². The minimum atomic E-state index is -0.552. The monoisotopic (exact) mass is 302 g/mol. The lowest BCUT2D eigenvalue weighted by Crippen LogP contribution is -1.92. The predicted molar refractivity (Wildman–Crippen MR) is 81.2 cm³/mol. The summed E-state index contributed by atoms with van der Waals surface area (Å²) in [5.74, 6) is 0. The predicted octanol–water partition coefficient (Wildman–Crippen LogP) is 5.42. The van der Waals surface area contributed by atoms with E-state index in [1.165, 1.54) is 56.4 Å². The molecule has 0 aliphatic carbocycles. The smallest absolute Gasteiger partial charge is 0.252 e. The van der Waals surface area contributed by atoms with Crippen molar-refractivity contribution in [1.29, 1.82) is 0 Å². The fourth-order valence-electron chi connectivity index (χ4n) is 1.41. The highest BCUT2D eigenvalue weighted by Gasteiger charge is 2.03. The molecule has 1 rings (SSSR count). The molecule has 4 heteroatoms. The summed E-state index contributed by atoms with van der Waals surface area (Å²) < 4.78 is 0. The van der Waals surface area contributed by atoms with Gasteiger partial charge in [-0.25, -0.2) is 0 Å². The van der Waals surface area contributed by atoms with Crippen LogP contribution in [-0.2, 0) is 0 Å². The molecule has 0 aliphatic rings. The topological polar surface area (TPSA) is 34.1 Å². The van der Waals surface area contributed by atoms with Crippen molar-refractivity contribution < 1.29 is 9.59 Å². The van der Waals surface area contributed by atoms with Gasteiger partial charge in [0.1, 0.15) is 0 Å². The number of benzene rings is 1. The van der Waals surface area contributed by atoms with E-state index in [0.29, 0.717) is 11.1 Å². The molecule has 1 aromatic rings. The van der Waals surface area contributed by atoms with Gasteiger partial charge in [-0.2, -0.15) is 0 Å². The van der Waals surface area contributed by atoms with E-state index in [-0.39, 0.29) is 0 Å². The average Bonchev–Trinajstić information content (AvgIpc) is 2.40. The van der Waals surface area contributed by atoms with Gasteiger partial charge in [0.05, 0.1) is 0 Å². The molecule has 0 amide bonds. The van der Waals surface area contributed by atoms with Gasteiger partial charge in [-0.1, -0.05) is 46.0 Å². The van der Waals surface area contributed by atoms with Crippen LogP contribution in [0.15, 0.2) is 24.3 Å². The van der Waals surface area contributed by atoms with E-state index in [0.717, 1.165) is 0 Å². The summed E-state index contributed by atoms with van der Waals surface area (Å²) in [4.78, 5) is 21.1. The number of unbranched alkanes of at least 4 members (excludes halogenated alkanes) is 4. The molecule has 2 nitrogen and oxygen atoms in total. The van der Waals surface area contributed by atoms with Crippen LogP contribution in [0.4, 0.5) is 0 Å². The summed E-state index contributed by atoms with van der Waals surface area (Å²) in [6, 6.07) is 5.80. The molecule has 1 aromatic carbocycles. The second-order valence-corrected chi connectivity index (χ2v) is 4.87. The summed E-state index contributed by atoms with van der Waals surface area (Å²) in [7, 11) is 0. The van der Waals surface area contributed by atoms with Crippen LogP contribution < -0.4 is 0 Å². The maximum atomic E-state index is 10.6. The lowest BCUT2D eigenvalue weighted by atomic mass is 10.2. The van der Waals surface area contributed by atoms with Crippen molar-refractivity contribution in [3.8, 4) is 0 Å². The lowest BCUT2D eigenvalue weighted by molar-refractivity contribution is 0.107. The Morgan fingerprint density at radius 1 is 0.789 bits per heavy atom. The second kappa shape index (κ2) is 11.0. The number of halogens is 2. The summed E-state index contributed by atoms with van der Waals surface area (Å²) in [5, 5.41) is -1.10. The molecule has 0 unspecified atom stereocenters. The molecule has 0 atom stereocenters. The van der Waals surface area contributed by atoms with Gasteiger partial charge in [-0.15, -0.1) is 0 Å². The molecule has 0 saturated heterocycles. The first kappa shape index (κ1) is 18.1. The number of carbonyl (C=O) groups excluding carboxylic acids is 2. The van der Waals surface area contributed by atoms with Gasteiger partial charge in [0.25, 0.3) is 10.5 Å². The molecule has 0 saturated carbocycles. The lowest BCUT2D eigenvalue weighted by Gasteiger charge is -1.94. The maximum Gasteiger partial charge on any atom is 0.252 e. The number of hydrogen-bond donors (Lipinski definition) is 0. The van der Waals surface area contributed by atoms with Crippen molar-refractivity contribution in [1.82, 2.24) is 0 Å². The van der Waals surface area contributed by atoms with Crippen molar-refractivity contribution in [2.24, 2.45) is 0 Å². The van der Waals surface area contributed by atoms with Crippen LogP contribution in [0.5, 0.6) is 0 Å². The maximum absolute atomic E-state index is 10.6. The molecule has 0 N–H and O–H groups in total. The molecule has 106 valence electrons. The Kier molecular flexibility index (Phi) is 10.5. The number of rotatable bonds is 6. The average molecular weight is 303 g/mol. The zero-order valence-electron chi connectivity index (χ0n) is 11.4. The zero-order valence-corrected chi connectivity index (χ0v) is 12.9. The molecular weight excluding hydrogens is 283 g/mol. The molecule has 0 aromatic heterocycles. The summed E-state index contributed by atoms with van der Waals surface area (Å²) >= 11 is 10.4. The van der Waals surface area contributed by atoms with Crippen molar-refractivity contribution in [2.45, 2.75) is 46.0 Å². The van der Waals surface area contributed by atoms with Gasteiger partial charge in [0.2, 0.25) is 0 Å². The van der Waals surface area contributed by atoms with E-state index in [4.69, 9.17) is 23.2 Å². The van der Waals surface area contributed by atoms with E-state index in [9.17, 15) is 9.59 Å². The van der Waals surface area contributed by atoms with Crippen LogP contribution in [0.2, 0.25) is 0 Å². The third kappa shape index (κ3) is 8.79. The molecule has 0 radical (unpaired) electrons. The Bertz CT molecular complexity index is 349. The van der Waals surface area contributed by atoms with E-state index >= 15 is 0 Å². The van der Waals surface area contributed by atoms with E-state index < -0.39 is 10.5 Å². The van der Waals surface area contributed by atoms with Gasteiger partial charge in [0, 0.05) is 11.1 Å². The molecule has 19 heavy (non-hydrogen) atoms. The SMILES string of the molecule is CCCCCCC.O=C(Cl)c1ccc(C(=O)Cl)cc1. The summed E-state index contributed by atoms with van der Waals surface area (Å²) in [6.45, 7) is 4.49. The highest BCUT2D eigenvalue weighted by molar-refractivity contribution is 6.68. The number of carbonyl (C=O) groups is 2. The largest absolute Gasteiger partial charge is 0.276 e. The highest BCUT2D eigenvalue weighted by Crippen LogP contribution is 2.08. The molecule has 0 fully saturated rings. The first-order chi connectivity index (χ1) is 9.02. The summed E-state index contributed by atoms with van der Waals surface area (Å²) in [5.41, 5.74) is 0.691. The zero-order chi connectivity index (χ0) is 14.7. The fourth-order valence-corrected chi connectivity index (χ4v) is 1.66. The Balaban J connectivity index is 0.000000399. The molecule has 0 bridgehead atoms. The Hall–Kier alpha value is -0.860. The number of hydrogen-bond acceptors (Lipinski definition) is 2. The second-order valence-electron chi connectivity index (χ2n) is 4.19. The van der Waals surface area contributed by atoms with Gasteiger partial charge in [-0.3, -0.25) is 9.59 Å². The standard InChI is InChI=1S/C8H4Cl2O2.C7H16/c9-7(11)5-1-2-6(4-3-5)8(10)12;1-3-5-7-6-4-2/h1-4H;3-7H2,1-2H3. The van der Waals surface area contributed by atoms with Crippen LogP contribution >= 0.6 is 23.2 Å². The van der Waals surface area contributed by atoms with Gasteiger partial charge in [0.15, 0.2) is 0 Å². The molecule has 0 spiro atoms. The molecule has 0 aliphatic heterocycles. The van der Waals surface area contributed by atoms with Crippen LogP contribution in [0, 0.1) is 0 Å². The summed E-state index contributed by atoms with van der Waals surface area (Å²) in [6.07, 6.45) is 7.01. The fraction of sp³-hybridized carbons (Fsp3) is 0.467. The van der Waals surface area contributed by atoms with Crippen molar-refractivity contribution in [3.05, 3.63) is 35.4 Å². The molecule has 0 heterocycles. The van der Waals surface area contributed by atoms with E-state index in [2.05, 4.69) is 13.8 Å². The normalized spacial score (nSPS) is 9.47.